The molecule has 4 aromatic rings. The fraction of sp³-hybridized carbons (Fsp3) is 0.458. The van der Waals surface area contributed by atoms with Crippen LogP contribution in [-0.2, 0) is 17.7 Å². The predicted molar refractivity (Wildman–Crippen MR) is 225 cm³/mol. The molecular weight excluding hydrogens is 607 g/mol. The highest BCUT2D eigenvalue weighted by molar-refractivity contribution is 5.93. The first-order valence-electron chi connectivity index (χ1n) is 19.4. The van der Waals surface area contributed by atoms with Crippen LogP contribution < -0.4 is 5.32 Å². The van der Waals surface area contributed by atoms with Crippen LogP contribution in [0.1, 0.15) is 121 Å². The van der Waals surface area contributed by atoms with Crippen molar-refractivity contribution in [3.8, 4) is 22.3 Å². The number of fused-ring (bicyclic) bond motifs is 1. The lowest BCUT2D eigenvalue weighted by atomic mass is 9.81. The summed E-state index contributed by atoms with van der Waals surface area (Å²) in [5.41, 5.74) is 15.8. The fourth-order valence-corrected chi connectivity index (χ4v) is 6.55. The highest BCUT2D eigenvalue weighted by atomic mass is 16.5. The Morgan fingerprint density at radius 2 is 1.14 bits per heavy atom. The number of hydrogen-bond acceptors (Lipinski definition) is 2. The summed E-state index contributed by atoms with van der Waals surface area (Å²) in [6.07, 6.45) is 5.39. The van der Waals surface area contributed by atoms with Gasteiger partial charge in [0.25, 0.3) is 0 Å². The van der Waals surface area contributed by atoms with Crippen molar-refractivity contribution in [3.05, 3.63) is 124 Å². The molecule has 3 unspecified atom stereocenters. The molecule has 1 N–H and O–H groups in total. The first kappa shape index (κ1) is 44.4. The molecule has 5 rings (SSSR count). The maximum Gasteiger partial charge on any atom is 0.0571 e. The molecule has 2 heteroatoms. The molecule has 4 aromatic carbocycles. The first-order chi connectivity index (χ1) is 24.1. The van der Waals surface area contributed by atoms with Crippen LogP contribution in [0.15, 0.2) is 85.4 Å². The van der Waals surface area contributed by atoms with Gasteiger partial charge < -0.3 is 10.1 Å². The van der Waals surface area contributed by atoms with Crippen LogP contribution in [0.2, 0.25) is 0 Å². The van der Waals surface area contributed by atoms with Gasteiger partial charge in [0.15, 0.2) is 0 Å². The van der Waals surface area contributed by atoms with Gasteiger partial charge in [-0.3, -0.25) is 0 Å². The van der Waals surface area contributed by atoms with E-state index in [-0.39, 0.29) is 0 Å². The molecule has 0 saturated heterocycles. The third-order valence-electron chi connectivity index (χ3n) is 9.99. The Morgan fingerprint density at radius 1 is 0.660 bits per heavy atom. The number of ether oxygens (including phenoxy) is 1. The number of methoxy groups -OCH3 is 1. The Bertz CT molecular complexity index is 1550. The van der Waals surface area contributed by atoms with E-state index >= 15 is 0 Å². The number of benzene rings is 4. The van der Waals surface area contributed by atoms with Gasteiger partial charge in [0.05, 0.1) is 6.10 Å². The molecule has 1 heterocycles. The van der Waals surface area contributed by atoms with E-state index in [4.69, 9.17) is 4.74 Å². The van der Waals surface area contributed by atoms with Crippen LogP contribution in [0.3, 0.4) is 0 Å². The molecule has 50 heavy (non-hydrogen) atoms. The van der Waals surface area contributed by atoms with Crippen LogP contribution in [0, 0.1) is 39.5 Å². The largest absolute Gasteiger partial charge is 0.381 e. The van der Waals surface area contributed by atoms with Crippen molar-refractivity contribution < 1.29 is 4.74 Å². The Morgan fingerprint density at radius 3 is 1.58 bits per heavy atom. The van der Waals surface area contributed by atoms with Crippen molar-refractivity contribution in [2.45, 2.75) is 128 Å². The van der Waals surface area contributed by atoms with E-state index in [2.05, 4.69) is 147 Å². The first-order valence-corrected chi connectivity index (χ1v) is 19.4. The third-order valence-corrected chi connectivity index (χ3v) is 9.99. The Labute approximate surface area is 308 Å². The van der Waals surface area contributed by atoms with E-state index < -0.39 is 0 Å². The molecule has 0 aromatic heterocycles. The van der Waals surface area contributed by atoms with E-state index in [1.165, 1.54) is 80.5 Å². The van der Waals surface area contributed by atoms with Crippen molar-refractivity contribution in [3.63, 3.8) is 0 Å². The van der Waals surface area contributed by atoms with Gasteiger partial charge in [-0.1, -0.05) is 154 Å². The quantitative estimate of drug-likeness (QED) is 0.190. The second-order valence-corrected chi connectivity index (χ2v) is 13.0. The monoisotopic (exact) mass is 678 g/mol. The molecule has 0 spiro atoms. The second kappa shape index (κ2) is 23.7. The lowest BCUT2D eigenvalue weighted by Crippen LogP contribution is -2.20. The minimum absolute atomic E-state index is 0.420. The Balaban J connectivity index is 0.000000432. The van der Waals surface area contributed by atoms with E-state index in [0.29, 0.717) is 6.10 Å². The molecule has 0 fully saturated rings. The molecule has 0 aliphatic carbocycles. The van der Waals surface area contributed by atoms with Gasteiger partial charge in [0.2, 0.25) is 0 Å². The molecule has 274 valence electrons. The van der Waals surface area contributed by atoms with E-state index in [0.717, 1.165) is 30.5 Å². The van der Waals surface area contributed by atoms with Gasteiger partial charge in [-0.25, -0.2) is 0 Å². The molecule has 0 amide bonds. The molecule has 1 aliphatic heterocycles. The van der Waals surface area contributed by atoms with E-state index in [1.54, 1.807) is 0 Å². The highest BCUT2D eigenvalue weighted by Gasteiger charge is 2.27. The lowest BCUT2D eigenvalue weighted by molar-refractivity contribution is 0.0549. The molecule has 3 atom stereocenters. The van der Waals surface area contributed by atoms with Crippen molar-refractivity contribution in [2.75, 3.05) is 7.11 Å². The van der Waals surface area contributed by atoms with Crippen molar-refractivity contribution in [2.24, 2.45) is 11.8 Å². The number of hydrogen-bond donors (Lipinski definition) is 1. The average Bonchev–Trinajstić information content (AvgIpc) is 3.54. The molecular formula is C48H71NO. The summed E-state index contributed by atoms with van der Waals surface area (Å²) >= 11 is 0. The normalized spacial score (nSPS) is 12.9. The summed E-state index contributed by atoms with van der Waals surface area (Å²) in [5, 5.41) is 3.50. The predicted octanol–water partition coefficient (Wildman–Crippen LogP) is 14.1. The van der Waals surface area contributed by atoms with Crippen molar-refractivity contribution >= 4 is 5.70 Å². The van der Waals surface area contributed by atoms with Crippen molar-refractivity contribution in [1.29, 1.82) is 0 Å². The second-order valence-electron chi connectivity index (χ2n) is 13.0. The fourth-order valence-electron chi connectivity index (χ4n) is 6.55. The van der Waals surface area contributed by atoms with Crippen molar-refractivity contribution in [1.82, 2.24) is 5.32 Å². The minimum Gasteiger partial charge on any atom is -0.381 e. The SMILES string of the molecule is C=C1NCc2c1c(-c1ccccc1C)c(C)c(C)c2-c1ccccc1C.CC.CC.CCC(C)CC(CC)C(C)OC.CCc1ccccc1. The smallest absolute Gasteiger partial charge is 0.0571 e. The van der Waals surface area contributed by atoms with Crippen LogP contribution in [0.4, 0.5) is 0 Å². The number of aryl methyl sites for hydroxylation is 3. The van der Waals surface area contributed by atoms with Crippen LogP contribution >= 0.6 is 0 Å². The summed E-state index contributed by atoms with van der Waals surface area (Å²) in [6.45, 7) is 33.3. The summed E-state index contributed by atoms with van der Waals surface area (Å²) in [7, 11) is 1.81. The zero-order chi connectivity index (χ0) is 37.8. The van der Waals surface area contributed by atoms with Gasteiger partial charge in [-0.05, 0) is 115 Å². The van der Waals surface area contributed by atoms with Gasteiger partial charge >= 0.3 is 0 Å². The van der Waals surface area contributed by atoms with E-state index in [9.17, 15) is 0 Å². The summed E-state index contributed by atoms with van der Waals surface area (Å²) in [6, 6.07) is 27.8. The van der Waals surface area contributed by atoms with Gasteiger partial charge in [0, 0.05) is 24.9 Å². The maximum atomic E-state index is 5.35. The van der Waals surface area contributed by atoms with Crippen LogP contribution in [0.5, 0.6) is 0 Å². The maximum absolute atomic E-state index is 5.35. The topological polar surface area (TPSA) is 21.3 Å². The summed E-state index contributed by atoms with van der Waals surface area (Å²) in [4.78, 5) is 0. The van der Waals surface area contributed by atoms with Gasteiger partial charge in [-0.15, -0.1) is 0 Å². The molecule has 2 nitrogen and oxygen atoms in total. The third kappa shape index (κ3) is 12.0. The molecule has 0 radical (unpaired) electrons. The van der Waals surface area contributed by atoms with Gasteiger partial charge in [0.1, 0.15) is 0 Å². The highest BCUT2D eigenvalue weighted by Crippen LogP contribution is 2.45. The molecule has 0 saturated carbocycles. The summed E-state index contributed by atoms with van der Waals surface area (Å²) in [5.74, 6) is 1.58. The zero-order valence-corrected chi connectivity index (χ0v) is 34.4. The molecule has 0 bridgehead atoms. The van der Waals surface area contributed by atoms with E-state index in [1.807, 2.05) is 40.9 Å². The molecule has 1 aliphatic rings. The average molecular weight is 678 g/mol. The Hall–Kier alpha value is -3.62. The van der Waals surface area contributed by atoms with Crippen LogP contribution in [-0.4, -0.2) is 13.2 Å². The Kier molecular flexibility index (Phi) is 21.1. The minimum atomic E-state index is 0.420. The zero-order valence-electron chi connectivity index (χ0n) is 34.4. The standard InChI is InChI=1S/C25H25N.C11H24O.C8H10.2C2H6/c1-15-10-6-8-12-20(15)23-17(3)18(4)24(21-13-9-7-11-16(21)2)25-19(5)26-14-22(23)25;1-6-9(3)8-11(7-2)10(4)12-5;1-2-8-6-4-3-5-7-8;2*1-2/h6-13,26H,5,14H2,1-4H3;9-11H,6-8H2,1-5H3;3-7H,2H2,1H3;2*1-2H3. The number of rotatable bonds is 9. The van der Waals surface area contributed by atoms with Gasteiger partial charge in [-0.2, -0.15) is 0 Å². The summed E-state index contributed by atoms with van der Waals surface area (Å²) < 4.78 is 5.35. The van der Waals surface area contributed by atoms with Crippen LogP contribution in [0.25, 0.3) is 28.0 Å². The number of nitrogens with one attached hydrogen (secondary N) is 1. The lowest BCUT2D eigenvalue weighted by Gasteiger charge is -2.23.